The maximum Gasteiger partial charge on any atom is 0.0406 e. The van der Waals surface area contributed by atoms with Gasteiger partial charge in [-0.3, -0.25) is 4.90 Å². The predicted octanol–water partition coefficient (Wildman–Crippen LogP) is 2.07. The minimum absolute atomic E-state index is 0.823. The summed E-state index contributed by atoms with van der Waals surface area (Å²) in [6.07, 6.45) is 1.35. The summed E-state index contributed by atoms with van der Waals surface area (Å²) in [5.74, 6) is 0.873. The molecule has 2 saturated heterocycles. The normalized spacial score (nSPS) is 25.1. The summed E-state index contributed by atoms with van der Waals surface area (Å²) in [6.45, 7) is 9.55. The summed E-state index contributed by atoms with van der Waals surface area (Å²) in [5, 5.41) is 4.28. The van der Waals surface area contributed by atoms with E-state index in [1.165, 1.54) is 57.8 Å². The average Bonchev–Trinajstić information content (AvgIpc) is 2.96. The molecule has 0 amide bonds. The fraction of sp³-hybridized carbons (Fsp3) is 0.625. The quantitative estimate of drug-likeness (QED) is 0.917. The van der Waals surface area contributed by atoms with Crippen molar-refractivity contribution in [2.24, 2.45) is 5.92 Å². The first kappa shape index (κ1) is 14.3. The van der Waals surface area contributed by atoms with E-state index in [1.54, 1.807) is 0 Å². The third kappa shape index (κ3) is 3.95. The topological polar surface area (TPSA) is 18.5 Å². The molecule has 2 aliphatic heterocycles. The van der Waals surface area contributed by atoms with Gasteiger partial charge in [-0.05, 0) is 43.1 Å². The van der Waals surface area contributed by atoms with E-state index in [9.17, 15) is 0 Å². The Labute approximate surface area is 126 Å². The number of benzene rings is 1. The lowest BCUT2D eigenvalue weighted by atomic mass is 10.1. The monoisotopic (exact) mass is 293 g/mol. The van der Waals surface area contributed by atoms with Gasteiger partial charge in [0.25, 0.3) is 0 Å². The minimum Gasteiger partial charge on any atom is -0.316 e. The van der Waals surface area contributed by atoms with Crippen molar-refractivity contribution in [3.05, 3.63) is 34.9 Å². The van der Waals surface area contributed by atoms with E-state index in [0.717, 1.165) is 17.5 Å². The molecule has 1 aromatic carbocycles. The standard InChI is InChI=1S/C16H24ClN3/c17-16-3-1-14(2-4-16)12-19-7-9-20(10-8-19)13-15-5-6-18-11-15/h1-4,15,18H,5-13H2/t15-/m0/s1. The van der Waals surface area contributed by atoms with Gasteiger partial charge in [0.2, 0.25) is 0 Å². The Morgan fingerprint density at radius 1 is 1.05 bits per heavy atom. The van der Waals surface area contributed by atoms with Crippen LogP contribution in [0.5, 0.6) is 0 Å². The fourth-order valence-corrected chi connectivity index (χ4v) is 3.34. The highest BCUT2D eigenvalue weighted by Crippen LogP contribution is 2.15. The van der Waals surface area contributed by atoms with Crippen LogP contribution in [0, 0.1) is 5.92 Å². The molecule has 0 saturated carbocycles. The van der Waals surface area contributed by atoms with Crippen LogP contribution in [0.15, 0.2) is 24.3 Å². The molecule has 110 valence electrons. The molecule has 4 heteroatoms. The Kier molecular flexibility index (Phi) is 4.94. The lowest BCUT2D eigenvalue weighted by molar-refractivity contribution is 0.115. The van der Waals surface area contributed by atoms with Crippen LogP contribution >= 0.6 is 11.6 Å². The van der Waals surface area contributed by atoms with Crippen molar-refractivity contribution >= 4 is 11.6 Å². The third-order valence-electron chi connectivity index (χ3n) is 4.46. The van der Waals surface area contributed by atoms with Crippen LogP contribution in [0.4, 0.5) is 0 Å². The number of nitrogens with zero attached hydrogens (tertiary/aromatic N) is 2. The van der Waals surface area contributed by atoms with Crippen molar-refractivity contribution in [1.29, 1.82) is 0 Å². The van der Waals surface area contributed by atoms with E-state index < -0.39 is 0 Å². The number of halogens is 1. The Hall–Kier alpha value is -0.610. The second-order valence-electron chi connectivity index (χ2n) is 6.06. The summed E-state index contributed by atoms with van der Waals surface area (Å²) in [4.78, 5) is 5.18. The van der Waals surface area contributed by atoms with Gasteiger partial charge in [-0.2, -0.15) is 0 Å². The molecule has 20 heavy (non-hydrogen) atoms. The molecule has 0 bridgehead atoms. The Morgan fingerprint density at radius 2 is 1.75 bits per heavy atom. The lowest BCUT2D eigenvalue weighted by Crippen LogP contribution is -2.47. The van der Waals surface area contributed by atoms with E-state index in [-0.39, 0.29) is 0 Å². The van der Waals surface area contributed by atoms with Crippen LogP contribution in [0.2, 0.25) is 5.02 Å². The van der Waals surface area contributed by atoms with Crippen molar-refractivity contribution in [3.8, 4) is 0 Å². The van der Waals surface area contributed by atoms with Gasteiger partial charge in [-0.1, -0.05) is 23.7 Å². The third-order valence-corrected chi connectivity index (χ3v) is 4.72. The van der Waals surface area contributed by atoms with Gasteiger partial charge in [-0.15, -0.1) is 0 Å². The van der Waals surface area contributed by atoms with E-state index in [4.69, 9.17) is 11.6 Å². The molecule has 1 atom stereocenters. The average molecular weight is 294 g/mol. The minimum atomic E-state index is 0.823. The van der Waals surface area contributed by atoms with Gasteiger partial charge < -0.3 is 10.2 Å². The largest absolute Gasteiger partial charge is 0.316 e. The van der Waals surface area contributed by atoms with Crippen molar-refractivity contribution < 1.29 is 0 Å². The molecule has 0 aromatic heterocycles. The summed E-state index contributed by atoms with van der Waals surface area (Å²) in [5.41, 5.74) is 1.36. The van der Waals surface area contributed by atoms with Crippen molar-refractivity contribution in [2.45, 2.75) is 13.0 Å². The zero-order valence-electron chi connectivity index (χ0n) is 12.0. The number of rotatable bonds is 4. The van der Waals surface area contributed by atoms with Crippen LogP contribution < -0.4 is 5.32 Å². The highest BCUT2D eigenvalue weighted by molar-refractivity contribution is 6.30. The molecule has 2 aliphatic rings. The van der Waals surface area contributed by atoms with E-state index >= 15 is 0 Å². The number of piperazine rings is 1. The molecule has 0 aliphatic carbocycles. The highest BCUT2D eigenvalue weighted by Gasteiger charge is 2.21. The lowest BCUT2D eigenvalue weighted by Gasteiger charge is -2.35. The second-order valence-corrected chi connectivity index (χ2v) is 6.50. The Bertz CT molecular complexity index is 406. The van der Waals surface area contributed by atoms with Gasteiger partial charge in [0, 0.05) is 44.3 Å². The van der Waals surface area contributed by atoms with E-state index in [0.29, 0.717) is 0 Å². The zero-order chi connectivity index (χ0) is 13.8. The predicted molar refractivity (Wildman–Crippen MR) is 84.1 cm³/mol. The molecule has 3 nitrogen and oxygen atoms in total. The molecule has 1 aromatic rings. The van der Waals surface area contributed by atoms with Crippen LogP contribution in [0.3, 0.4) is 0 Å². The fourth-order valence-electron chi connectivity index (χ4n) is 3.21. The maximum atomic E-state index is 5.93. The molecule has 1 N–H and O–H groups in total. The molecule has 0 unspecified atom stereocenters. The first-order valence-electron chi connectivity index (χ1n) is 7.69. The maximum absolute atomic E-state index is 5.93. The van der Waals surface area contributed by atoms with Crippen LogP contribution in [-0.2, 0) is 6.54 Å². The zero-order valence-corrected chi connectivity index (χ0v) is 12.8. The van der Waals surface area contributed by atoms with Gasteiger partial charge >= 0.3 is 0 Å². The second kappa shape index (κ2) is 6.90. The van der Waals surface area contributed by atoms with Crippen LogP contribution in [0.25, 0.3) is 0 Å². The molecular formula is C16H24ClN3. The summed E-state index contributed by atoms with van der Waals surface area (Å²) in [7, 11) is 0. The van der Waals surface area contributed by atoms with E-state index in [2.05, 4.69) is 27.2 Å². The molecular weight excluding hydrogens is 270 g/mol. The number of hydrogen-bond acceptors (Lipinski definition) is 3. The first-order chi connectivity index (χ1) is 9.79. The number of nitrogens with one attached hydrogen (secondary N) is 1. The van der Waals surface area contributed by atoms with Crippen LogP contribution in [0.1, 0.15) is 12.0 Å². The van der Waals surface area contributed by atoms with Gasteiger partial charge in [0.1, 0.15) is 0 Å². The summed E-state index contributed by atoms with van der Waals surface area (Å²) in [6, 6.07) is 8.25. The Morgan fingerprint density at radius 3 is 2.40 bits per heavy atom. The van der Waals surface area contributed by atoms with Crippen molar-refractivity contribution in [2.75, 3.05) is 45.8 Å². The molecule has 3 rings (SSSR count). The Balaban J connectivity index is 1.42. The first-order valence-corrected chi connectivity index (χ1v) is 8.07. The van der Waals surface area contributed by atoms with Gasteiger partial charge in [0.15, 0.2) is 0 Å². The van der Waals surface area contributed by atoms with Gasteiger partial charge in [-0.25, -0.2) is 0 Å². The van der Waals surface area contributed by atoms with Crippen LogP contribution in [-0.4, -0.2) is 55.6 Å². The molecule has 2 heterocycles. The van der Waals surface area contributed by atoms with Crippen molar-refractivity contribution in [1.82, 2.24) is 15.1 Å². The van der Waals surface area contributed by atoms with Crippen molar-refractivity contribution in [3.63, 3.8) is 0 Å². The summed E-state index contributed by atoms with van der Waals surface area (Å²) < 4.78 is 0. The summed E-state index contributed by atoms with van der Waals surface area (Å²) >= 11 is 5.93. The highest BCUT2D eigenvalue weighted by atomic mass is 35.5. The van der Waals surface area contributed by atoms with E-state index in [1.807, 2.05) is 12.1 Å². The van der Waals surface area contributed by atoms with Gasteiger partial charge in [0.05, 0.1) is 0 Å². The molecule has 0 radical (unpaired) electrons. The molecule has 2 fully saturated rings. The smallest absolute Gasteiger partial charge is 0.0406 e. The molecule has 0 spiro atoms. The SMILES string of the molecule is Clc1ccc(CN2CCN(C[C@H]3CCNC3)CC2)cc1. The number of hydrogen-bond donors (Lipinski definition) is 1.